The highest BCUT2D eigenvalue weighted by Gasteiger charge is 2.19. The smallest absolute Gasteiger partial charge is 0.363 e. The molecule has 1 heterocycles. The number of nitrogens with zero attached hydrogens (tertiary/aromatic N) is 1. The number of carbonyl (C=O) groups is 1. The Morgan fingerprint density at radius 2 is 1.59 bits per heavy atom. The Hall–Kier alpha value is -4.01. The summed E-state index contributed by atoms with van der Waals surface area (Å²) in [4.78, 5) is 17.4. The van der Waals surface area contributed by atoms with Crippen LogP contribution in [0.5, 0.6) is 23.3 Å². The average molecular weight is 399 g/mol. The molecule has 1 aromatic heterocycles. The van der Waals surface area contributed by atoms with E-state index in [1.54, 1.807) is 49.5 Å². The molecule has 0 unspecified atom stereocenters. The van der Waals surface area contributed by atoms with E-state index in [-0.39, 0.29) is 11.3 Å². The molecule has 2 aromatic carbocycles. The molecule has 0 radical (unpaired) electrons. The number of hydrogen-bond donors (Lipinski definition) is 4. The molecule has 9 heteroatoms. The van der Waals surface area contributed by atoms with Crippen LogP contribution < -0.4 is 24.9 Å². The van der Waals surface area contributed by atoms with Crippen molar-refractivity contribution in [3.8, 4) is 23.3 Å². The van der Waals surface area contributed by atoms with Crippen LogP contribution in [-0.2, 0) is 0 Å². The predicted molar refractivity (Wildman–Crippen MR) is 107 cm³/mol. The van der Waals surface area contributed by atoms with Crippen molar-refractivity contribution in [1.29, 1.82) is 0 Å². The van der Waals surface area contributed by atoms with E-state index in [0.29, 0.717) is 21.9 Å². The fraction of sp³-hybridized carbons (Fsp3) is 0.150. The molecule has 0 aliphatic carbocycles. The zero-order valence-corrected chi connectivity index (χ0v) is 16.1. The highest BCUT2D eigenvalue weighted by Crippen LogP contribution is 2.36. The highest BCUT2D eigenvalue weighted by atomic mass is 16.7. The number of methoxy groups -OCH3 is 2. The van der Waals surface area contributed by atoms with Crippen LogP contribution in [0.3, 0.4) is 0 Å². The standard InChI is InChI=1S/C20H21N3O6/c1-21-13-6-4-12(5-7-13)20(26)29-23-18(24)11-15(19(23)25)22-14-8-9-16(27-2)17(10-14)28-3/h4-11,21-22,24-25H,1-3H3. The van der Waals surface area contributed by atoms with Gasteiger partial charge in [0.2, 0.25) is 5.88 Å². The second kappa shape index (κ2) is 8.34. The molecule has 152 valence electrons. The molecule has 0 spiro atoms. The molecule has 3 rings (SSSR count). The highest BCUT2D eigenvalue weighted by molar-refractivity contribution is 5.90. The van der Waals surface area contributed by atoms with Gasteiger partial charge >= 0.3 is 5.97 Å². The van der Waals surface area contributed by atoms with Crippen molar-refractivity contribution in [2.45, 2.75) is 0 Å². The molecule has 4 N–H and O–H groups in total. The van der Waals surface area contributed by atoms with E-state index in [4.69, 9.17) is 14.3 Å². The monoisotopic (exact) mass is 399 g/mol. The molecule has 0 fully saturated rings. The lowest BCUT2D eigenvalue weighted by Crippen LogP contribution is -2.19. The molecule has 3 aromatic rings. The Bertz CT molecular complexity index is 1010. The van der Waals surface area contributed by atoms with Gasteiger partial charge in [0.05, 0.1) is 19.8 Å². The number of rotatable bonds is 7. The van der Waals surface area contributed by atoms with Gasteiger partial charge in [0, 0.05) is 30.6 Å². The third kappa shape index (κ3) is 4.13. The number of anilines is 3. The maximum Gasteiger partial charge on any atom is 0.363 e. The van der Waals surface area contributed by atoms with Gasteiger partial charge in [-0.25, -0.2) is 4.79 Å². The number of carbonyl (C=O) groups excluding carboxylic acids is 1. The van der Waals surface area contributed by atoms with Gasteiger partial charge in [-0.2, -0.15) is 0 Å². The maximum atomic E-state index is 12.3. The molecule has 0 aliphatic rings. The Labute approximate surface area is 167 Å². The first-order chi connectivity index (χ1) is 14.0. The molecular formula is C20H21N3O6. The second-order valence-electron chi connectivity index (χ2n) is 5.94. The molecule has 0 atom stereocenters. The van der Waals surface area contributed by atoms with Crippen LogP contribution in [0.25, 0.3) is 0 Å². The van der Waals surface area contributed by atoms with Gasteiger partial charge in [0.25, 0.3) is 5.88 Å². The fourth-order valence-corrected chi connectivity index (χ4v) is 2.63. The van der Waals surface area contributed by atoms with E-state index < -0.39 is 17.7 Å². The van der Waals surface area contributed by atoms with Crippen molar-refractivity contribution in [1.82, 2.24) is 4.73 Å². The van der Waals surface area contributed by atoms with E-state index in [0.717, 1.165) is 5.69 Å². The van der Waals surface area contributed by atoms with Gasteiger partial charge in [0.1, 0.15) is 5.69 Å². The van der Waals surface area contributed by atoms with Crippen molar-refractivity contribution in [3.05, 3.63) is 54.1 Å². The summed E-state index contributed by atoms with van der Waals surface area (Å²) in [7, 11) is 4.79. The summed E-state index contributed by atoms with van der Waals surface area (Å²) in [5.74, 6) is -0.646. The van der Waals surface area contributed by atoms with Crippen molar-refractivity contribution in [3.63, 3.8) is 0 Å². The van der Waals surface area contributed by atoms with E-state index in [2.05, 4.69) is 10.6 Å². The van der Waals surface area contributed by atoms with Crippen LogP contribution in [0.15, 0.2) is 48.5 Å². The third-order valence-corrected chi connectivity index (χ3v) is 4.16. The summed E-state index contributed by atoms with van der Waals surface area (Å²) in [6, 6.07) is 12.8. The number of hydrogen-bond acceptors (Lipinski definition) is 8. The van der Waals surface area contributed by atoms with E-state index in [9.17, 15) is 15.0 Å². The number of benzene rings is 2. The molecule has 0 saturated carbocycles. The average Bonchev–Trinajstić information content (AvgIpc) is 3.00. The third-order valence-electron chi connectivity index (χ3n) is 4.16. The van der Waals surface area contributed by atoms with Crippen LogP contribution in [0.1, 0.15) is 10.4 Å². The van der Waals surface area contributed by atoms with Gasteiger partial charge in [-0.3, -0.25) is 0 Å². The summed E-state index contributed by atoms with van der Waals surface area (Å²) in [5, 5.41) is 26.3. The first-order valence-corrected chi connectivity index (χ1v) is 8.60. The first-order valence-electron chi connectivity index (χ1n) is 8.60. The minimum Gasteiger partial charge on any atom is -0.493 e. The zero-order chi connectivity index (χ0) is 21.0. The molecule has 0 amide bonds. The first kappa shape index (κ1) is 19.7. The maximum absolute atomic E-state index is 12.3. The molecule has 29 heavy (non-hydrogen) atoms. The normalized spacial score (nSPS) is 10.3. The second-order valence-corrected chi connectivity index (χ2v) is 5.94. The molecule has 0 saturated heterocycles. The Morgan fingerprint density at radius 1 is 0.931 bits per heavy atom. The minimum absolute atomic E-state index is 0.132. The SMILES string of the molecule is CNc1ccc(C(=O)On2c(O)cc(Nc3ccc(OC)c(OC)c3)c2O)cc1. The number of aromatic hydroxyl groups is 2. The lowest BCUT2D eigenvalue weighted by atomic mass is 10.2. The van der Waals surface area contributed by atoms with Gasteiger partial charge in [-0.1, -0.05) is 0 Å². The molecule has 0 bridgehead atoms. The summed E-state index contributed by atoms with van der Waals surface area (Å²) < 4.78 is 11.1. The number of aromatic nitrogens is 1. The fourth-order valence-electron chi connectivity index (χ4n) is 2.63. The van der Waals surface area contributed by atoms with E-state index in [1.165, 1.54) is 20.3 Å². The number of nitrogens with one attached hydrogen (secondary N) is 2. The van der Waals surface area contributed by atoms with Crippen LogP contribution in [-0.4, -0.2) is 42.2 Å². The van der Waals surface area contributed by atoms with Crippen LogP contribution in [0.2, 0.25) is 0 Å². The molecule has 9 nitrogen and oxygen atoms in total. The summed E-state index contributed by atoms with van der Waals surface area (Å²) >= 11 is 0. The zero-order valence-electron chi connectivity index (χ0n) is 16.1. The summed E-state index contributed by atoms with van der Waals surface area (Å²) in [6.07, 6.45) is 0. The summed E-state index contributed by atoms with van der Waals surface area (Å²) in [5.41, 5.74) is 1.78. The Balaban J connectivity index is 1.80. The molecular weight excluding hydrogens is 378 g/mol. The van der Waals surface area contributed by atoms with Crippen molar-refractivity contribution in [2.24, 2.45) is 0 Å². The topological polar surface area (TPSA) is 114 Å². The molecule has 0 aliphatic heterocycles. The van der Waals surface area contributed by atoms with Gasteiger partial charge in [0.15, 0.2) is 11.5 Å². The van der Waals surface area contributed by atoms with Gasteiger partial charge in [-0.05, 0) is 36.4 Å². The minimum atomic E-state index is -0.744. The quantitative estimate of drug-likeness (QED) is 0.479. The summed E-state index contributed by atoms with van der Waals surface area (Å²) in [6.45, 7) is 0. The lowest BCUT2D eigenvalue weighted by molar-refractivity contribution is 0.0383. The van der Waals surface area contributed by atoms with E-state index in [1.807, 2.05) is 0 Å². The van der Waals surface area contributed by atoms with Crippen molar-refractivity contribution < 1.29 is 29.3 Å². The van der Waals surface area contributed by atoms with E-state index >= 15 is 0 Å². The van der Waals surface area contributed by atoms with Crippen molar-refractivity contribution >= 4 is 23.0 Å². The van der Waals surface area contributed by atoms with Crippen LogP contribution in [0, 0.1) is 0 Å². The van der Waals surface area contributed by atoms with Crippen LogP contribution in [0.4, 0.5) is 17.1 Å². The number of ether oxygens (including phenoxy) is 2. The van der Waals surface area contributed by atoms with Crippen molar-refractivity contribution in [2.75, 3.05) is 31.9 Å². The largest absolute Gasteiger partial charge is 0.493 e. The lowest BCUT2D eigenvalue weighted by Gasteiger charge is -2.11. The Morgan fingerprint density at radius 3 is 2.21 bits per heavy atom. The van der Waals surface area contributed by atoms with Gasteiger partial charge in [-0.15, -0.1) is 4.73 Å². The Kier molecular flexibility index (Phi) is 5.68. The van der Waals surface area contributed by atoms with Gasteiger partial charge < -0.3 is 35.2 Å². The predicted octanol–water partition coefficient (Wildman–Crippen LogP) is 2.97. The van der Waals surface area contributed by atoms with Crippen LogP contribution >= 0.6 is 0 Å².